The number of carboxylic acid groups (broad SMARTS) is 1. The smallest absolute Gasteiger partial charge is 0.354 e. The highest BCUT2D eigenvalue weighted by Crippen LogP contribution is 2.10. The monoisotopic (exact) mass is 348 g/mol. The van der Waals surface area contributed by atoms with Crippen molar-refractivity contribution in [2.24, 2.45) is 0 Å². The minimum atomic E-state index is -1.11. The maximum atomic E-state index is 11.9. The first kappa shape index (κ1) is 15.2. The van der Waals surface area contributed by atoms with E-state index in [9.17, 15) is 9.59 Å². The number of nitrogens with one attached hydrogen (secondary N) is 1. The molecule has 21 heavy (non-hydrogen) atoms. The number of halogens is 1. The number of nitrogens with zero attached hydrogens (tertiary/aromatic N) is 1. The number of carboxylic acids is 1. The van der Waals surface area contributed by atoms with Gasteiger partial charge in [0.25, 0.3) is 5.91 Å². The molecule has 0 unspecified atom stereocenters. The summed E-state index contributed by atoms with van der Waals surface area (Å²) in [5.74, 6) is -1.38. The highest BCUT2D eigenvalue weighted by atomic mass is 79.9. The first-order valence-corrected chi connectivity index (χ1v) is 7.07. The van der Waals surface area contributed by atoms with E-state index in [1.807, 2.05) is 24.3 Å². The second-order valence-electron chi connectivity index (χ2n) is 4.37. The molecular weight excluding hydrogens is 336 g/mol. The number of benzene rings is 1. The van der Waals surface area contributed by atoms with Crippen LogP contribution in [0.15, 0.2) is 47.1 Å². The molecule has 2 N–H and O–H groups in total. The van der Waals surface area contributed by atoms with E-state index in [0.717, 1.165) is 16.5 Å². The SMILES string of the molecule is O=C(NCCc1ccc(Br)cc1)c1ccc(C(=O)O)nc1. The number of hydrogen-bond acceptors (Lipinski definition) is 3. The molecule has 0 saturated carbocycles. The summed E-state index contributed by atoms with van der Waals surface area (Å²) in [6.45, 7) is 0.501. The van der Waals surface area contributed by atoms with Gasteiger partial charge < -0.3 is 10.4 Å². The number of rotatable bonds is 5. The second kappa shape index (κ2) is 6.99. The van der Waals surface area contributed by atoms with Crippen LogP contribution in [0.3, 0.4) is 0 Å². The molecular formula is C15H13BrN2O3. The van der Waals surface area contributed by atoms with Crippen LogP contribution < -0.4 is 5.32 Å². The Labute approximate surface area is 130 Å². The minimum absolute atomic E-state index is 0.0820. The van der Waals surface area contributed by atoms with Crippen LogP contribution in [0.5, 0.6) is 0 Å². The van der Waals surface area contributed by atoms with Crippen molar-refractivity contribution in [3.05, 3.63) is 63.9 Å². The lowest BCUT2D eigenvalue weighted by molar-refractivity contribution is 0.0689. The molecule has 1 aromatic carbocycles. The molecule has 0 spiro atoms. The summed E-state index contributed by atoms with van der Waals surface area (Å²) in [6.07, 6.45) is 1.98. The van der Waals surface area contributed by atoms with Crippen molar-refractivity contribution in [1.29, 1.82) is 0 Å². The van der Waals surface area contributed by atoms with Crippen LogP contribution >= 0.6 is 15.9 Å². The molecule has 0 aliphatic carbocycles. The quantitative estimate of drug-likeness (QED) is 0.869. The summed E-state index contributed by atoms with van der Waals surface area (Å²) in [7, 11) is 0. The molecule has 1 heterocycles. The van der Waals surface area contributed by atoms with Crippen molar-refractivity contribution < 1.29 is 14.7 Å². The maximum absolute atomic E-state index is 11.9. The van der Waals surface area contributed by atoms with Crippen LogP contribution in [0.2, 0.25) is 0 Å². The normalized spacial score (nSPS) is 10.1. The zero-order valence-electron chi connectivity index (χ0n) is 11.0. The standard InChI is InChI=1S/C15H13BrN2O3/c16-12-4-1-10(2-5-12)7-8-17-14(19)11-3-6-13(15(20)21)18-9-11/h1-6,9H,7-8H2,(H,17,19)(H,20,21). The minimum Gasteiger partial charge on any atom is -0.477 e. The predicted octanol–water partition coefficient (Wildman–Crippen LogP) is 2.51. The van der Waals surface area contributed by atoms with Crippen molar-refractivity contribution in [2.45, 2.75) is 6.42 Å². The summed E-state index contributed by atoms with van der Waals surface area (Å²) < 4.78 is 1.01. The van der Waals surface area contributed by atoms with Gasteiger partial charge in [-0.3, -0.25) is 4.79 Å². The van der Waals surface area contributed by atoms with E-state index >= 15 is 0 Å². The number of carbonyl (C=O) groups excluding carboxylic acids is 1. The molecule has 2 rings (SSSR count). The first-order valence-electron chi connectivity index (χ1n) is 6.28. The molecule has 0 aliphatic rings. The average molecular weight is 349 g/mol. The zero-order valence-corrected chi connectivity index (χ0v) is 12.6. The summed E-state index contributed by atoms with van der Waals surface area (Å²) in [4.78, 5) is 26.2. The van der Waals surface area contributed by atoms with Gasteiger partial charge in [-0.05, 0) is 36.2 Å². The van der Waals surface area contributed by atoms with Crippen LogP contribution in [0.4, 0.5) is 0 Å². The second-order valence-corrected chi connectivity index (χ2v) is 5.29. The number of aromatic nitrogens is 1. The van der Waals surface area contributed by atoms with E-state index in [4.69, 9.17) is 5.11 Å². The van der Waals surface area contributed by atoms with E-state index in [0.29, 0.717) is 12.1 Å². The Hall–Kier alpha value is -2.21. The Balaban J connectivity index is 1.86. The van der Waals surface area contributed by atoms with E-state index in [2.05, 4.69) is 26.2 Å². The zero-order chi connectivity index (χ0) is 15.2. The Morgan fingerprint density at radius 1 is 1.14 bits per heavy atom. The van der Waals surface area contributed by atoms with Crippen LogP contribution in [-0.2, 0) is 6.42 Å². The van der Waals surface area contributed by atoms with Crippen LogP contribution in [-0.4, -0.2) is 28.5 Å². The molecule has 1 aromatic heterocycles. The summed E-state index contributed by atoms with van der Waals surface area (Å²) in [5.41, 5.74) is 1.38. The van der Waals surface area contributed by atoms with Crippen LogP contribution in [0.25, 0.3) is 0 Å². The van der Waals surface area contributed by atoms with Gasteiger partial charge in [-0.25, -0.2) is 9.78 Å². The third-order valence-corrected chi connectivity index (χ3v) is 3.39. The molecule has 0 aliphatic heterocycles. The lowest BCUT2D eigenvalue weighted by atomic mass is 10.1. The topological polar surface area (TPSA) is 79.3 Å². The van der Waals surface area contributed by atoms with E-state index in [1.165, 1.54) is 18.3 Å². The molecule has 0 saturated heterocycles. The van der Waals surface area contributed by atoms with Crippen molar-refractivity contribution in [3.63, 3.8) is 0 Å². The molecule has 1 amide bonds. The molecule has 0 bridgehead atoms. The Kier molecular flexibility index (Phi) is 5.05. The predicted molar refractivity (Wildman–Crippen MR) is 81.4 cm³/mol. The van der Waals surface area contributed by atoms with E-state index < -0.39 is 5.97 Å². The molecule has 0 atom stereocenters. The third kappa shape index (κ3) is 4.39. The van der Waals surface area contributed by atoms with Crippen molar-refractivity contribution in [2.75, 3.05) is 6.54 Å². The van der Waals surface area contributed by atoms with Crippen LogP contribution in [0.1, 0.15) is 26.4 Å². The fourth-order valence-corrected chi connectivity index (χ4v) is 1.99. The third-order valence-electron chi connectivity index (χ3n) is 2.86. The first-order chi connectivity index (χ1) is 10.1. The Morgan fingerprint density at radius 2 is 1.86 bits per heavy atom. The number of carbonyl (C=O) groups is 2. The lowest BCUT2D eigenvalue weighted by Gasteiger charge is -2.05. The fourth-order valence-electron chi connectivity index (χ4n) is 1.73. The van der Waals surface area contributed by atoms with Gasteiger partial charge in [-0.1, -0.05) is 28.1 Å². The average Bonchev–Trinajstić information content (AvgIpc) is 2.49. The maximum Gasteiger partial charge on any atom is 0.354 e. The van der Waals surface area contributed by atoms with Crippen LogP contribution in [0, 0.1) is 0 Å². The van der Waals surface area contributed by atoms with E-state index in [1.54, 1.807) is 0 Å². The number of pyridine rings is 1. The summed E-state index contributed by atoms with van der Waals surface area (Å²) >= 11 is 3.36. The van der Waals surface area contributed by atoms with Gasteiger partial charge in [0, 0.05) is 17.2 Å². The molecule has 6 heteroatoms. The van der Waals surface area contributed by atoms with Gasteiger partial charge >= 0.3 is 5.97 Å². The summed E-state index contributed by atoms with van der Waals surface area (Å²) in [6, 6.07) is 10.6. The van der Waals surface area contributed by atoms with Gasteiger partial charge in [0.15, 0.2) is 0 Å². The molecule has 5 nitrogen and oxygen atoms in total. The molecule has 108 valence electrons. The summed E-state index contributed by atoms with van der Waals surface area (Å²) in [5, 5.41) is 11.5. The molecule has 0 radical (unpaired) electrons. The van der Waals surface area contributed by atoms with Gasteiger partial charge in [0.1, 0.15) is 5.69 Å². The highest BCUT2D eigenvalue weighted by Gasteiger charge is 2.08. The van der Waals surface area contributed by atoms with Gasteiger partial charge in [-0.15, -0.1) is 0 Å². The van der Waals surface area contributed by atoms with Crippen molar-refractivity contribution in [3.8, 4) is 0 Å². The van der Waals surface area contributed by atoms with Crippen molar-refractivity contribution >= 4 is 27.8 Å². The van der Waals surface area contributed by atoms with Crippen molar-refractivity contribution in [1.82, 2.24) is 10.3 Å². The number of amides is 1. The fraction of sp³-hybridized carbons (Fsp3) is 0.133. The van der Waals surface area contributed by atoms with Gasteiger partial charge in [0.2, 0.25) is 0 Å². The molecule has 2 aromatic rings. The Bertz CT molecular complexity index is 639. The van der Waals surface area contributed by atoms with Gasteiger partial charge in [-0.2, -0.15) is 0 Å². The molecule has 0 fully saturated rings. The Morgan fingerprint density at radius 3 is 2.43 bits per heavy atom. The highest BCUT2D eigenvalue weighted by molar-refractivity contribution is 9.10. The number of aromatic carboxylic acids is 1. The van der Waals surface area contributed by atoms with Gasteiger partial charge in [0.05, 0.1) is 5.56 Å². The van der Waals surface area contributed by atoms with E-state index in [-0.39, 0.29) is 11.6 Å². The number of hydrogen-bond donors (Lipinski definition) is 2. The largest absolute Gasteiger partial charge is 0.477 e. The lowest BCUT2D eigenvalue weighted by Crippen LogP contribution is -2.25.